The van der Waals surface area contributed by atoms with Crippen LogP contribution in [0, 0.1) is 10.5 Å². The molecule has 1 aliphatic rings. The van der Waals surface area contributed by atoms with Gasteiger partial charge in [0.1, 0.15) is 11.6 Å². The molecule has 0 radical (unpaired) electrons. The zero-order chi connectivity index (χ0) is 14.1. The highest BCUT2D eigenvalue weighted by Crippen LogP contribution is 2.38. The van der Waals surface area contributed by atoms with Gasteiger partial charge >= 0.3 is 0 Å². The van der Waals surface area contributed by atoms with Crippen LogP contribution in [-0.2, 0) is 0 Å². The lowest BCUT2D eigenvalue weighted by Gasteiger charge is -2.15. The van der Waals surface area contributed by atoms with Gasteiger partial charge in [0.2, 0.25) is 0 Å². The fourth-order valence-electron chi connectivity index (χ4n) is 2.84. The number of aromatic nitrogens is 2. The minimum atomic E-state index is 0.572. The largest absolute Gasteiger partial charge is 0.469 e. The number of aryl methyl sites for hydroxylation is 1. The Morgan fingerprint density at radius 2 is 2.05 bits per heavy atom. The Labute approximate surface area is 132 Å². The van der Waals surface area contributed by atoms with Gasteiger partial charge in [0.05, 0.1) is 21.1 Å². The molecule has 0 saturated heterocycles. The Hall–Kier alpha value is -1.11. The van der Waals surface area contributed by atoms with Crippen molar-refractivity contribution in [2.75, 3.05) is 12.4 Å². The van der Waals surface area contributed by atoms with Crippen LogP contribution in [-0.4, -0.2) is 17.0 Å². The van der Waals surface area contributed by atoms with E-state index in [1.807, 2.05) is 20.0 Å². The molecule has 20 heavy (non-hydrogen) atoms. The minimum absolute atomic E-state index is 0.572. The molecule has 2 aromatic rings. The molecule has 1 N–H and O–H groups in total. The van der Waals surface area contributed by atoms with Gasteiger partial charge in [-0.3, -0.25) is 0 Å². The maximum atomic E-state index is 5.39. The minimum Gasteiger partial charge on any atom is -0.469 e. The van der Waals surface area contributed by atoms with Crippen molar-refractivity contribution in [3.05, 3.63) is 27.4 Å². The molecular weight excluding hydrogens is 365 g/mol. The van der Waals surface area contributed by atoms with Crippen LogP contribution in [0.3, 0.4) is 0 Å². The van der Waals surface area contributed by atoms with Crippen LogP contribution in [0.15, 0.2) is 16.7 Å². The number of furan rings is 1. The summed E-state index contributed by atoms with van der Waals surface area (Å²) in [6.07, 6.45) is 6.78. The summed E-state index contributed by atoms with van der Waals surface area (Å²) in [5.41, 5.74) is 2.18. The summed E-state index contributed by atoms with van der Waals surface area (Å²) >= 11 is 2.36. The van der Waals surface area contributed by atoms with Gasteiger partial charge in [0, 0.05) is 13.0 Å². The first-order chi connectivity index (χ1) is 9.70. The molecule has 1 saturated carbocycles. The van der Waals surface area contributed by atoms with Gasteiger partial charge in [-0.15, -0.1) is 0 Å². The van der Waals surface area contributed by atoms with E-state index in [0.29, 0.717) is 5.92 Å². The normalized spacial score (nSPS) is 15.8. The van der Waals surface area contributed by atoms with Crippen molar-refractivity contribution in [2.45, 2.75) is 38.5 Å². The van der Waals surface area contributed by atoms with E-state index in [0.717, 1.165) is 26.5 Å². The van der Waals surface area contributed by atoms with Gasteiger partial charge in [-0.25, -0.2) is 9.97 Å². The van der Waals surface area contributed by atoms with Crippen molar-refractivity contribution in [1.82, 2.24) is 9.97 Å². The predicted molar refractivity (Wildman–Crippen MR) is 87.9 cm³/mol. The summed E-state index contributed by atoms with van der Waals surface area (Å²) in [7, 11) is 1.91. The Morgan fingerprint density at radius 3 is 2.65 bits per heavy atom. The third-order valence-corrected chi connectivity index (χ3v) is 5.02. The first-order valence-corrected chi connectivity index (χ1v) is 8.08. The lowest BCUT2D eigenvalue weighted by Crippen LogP contribution is -2.08. The smallest absolute Gasteiger partial charge is 0.165 e. The summed E-state index contributed by atoms with van der Waals surface area (Å²) in [6, 6.07) is 1.94. The van der Waals surface area contributed by atoms with Crippen molar-refractivity contribution in [1.29, 1.82) is 0 Å². The maximum Gasteiger partial charge on any atom is 0.165 e. The number of nitrogens with zero attached hydrogens (tertiary/aromatic N) is 2. The molecule has 3 rings (SSSR count). The highest BCUT2D eigenvalue weighted by atomic mass is 127. The lowest BCUT2D eigenvalue weighted by molar-refractivity contribution is 0.535. The lowest BCUT2D eigenvalue weighted by atomic mass is 10.0. The van der Waals surface area contributed by atoms with E-state index < -0.39 is 0 Å². The van der Waals surface area contributed by atoms with Gasteiger partial charge in [-0.1, -0.05) is 12.8 Å². The number of halogens is 1. The van der Waals surface area contributed by atoms with Crippen LogP contribution in [0.5, 0.6) is 0 Å². The Kier molecular flexibility index (Phi) is 3.96. The van der Waals surface area contributed by atoms with Gasteiger partial charge < -0.3 is 9.73 Å². The molecular formula is C15H18IN3O. The van der Waals surface area contributed by atoms with Gasteiger partial charge in [0.15, 0.2) is 5.82 Å². The Balaban J connectivity index is 2.12. The van der Waals surface area contributed by atoms with E-state index in [4.69, 9.17) is 9.40 Å². The SMILES string of the molecule is CNc1nc(-c2ccoc2C)nc(C2CCCC2)c1I. The van der Waals surface area contributed by atoms with E-state index in [1.165, 1.54) is 31.4 Å². The first kappa shape index (κ1) is 13.9. The number of hydrogen-bond donors (Lipinski definition) is 1. The molecule has 0 aromatic carbocycles. The molecule has 0 aliphatic heterocycles. The highest BCUT2D eigenvalue weighted by molar-refractivity contribution is 14.1. The molecule has 1 aliphatic carbocycles. The van der Waals surface area contributed by atoms with E-state index in [-0.39, 0.29) is 0 Å². The third-order valence-electron chi connectivity index (χ3n) is 3.96. The molecule has 0 amide bonds. The number of hydrogen-bond acceptors (Lipinski definition) is 4. The van der Waals surface area contributed by atoms with Crippen molar-refractivity contribution >= 4 is 28.4 Å². The number of nitrogens with one attached hydrogen (secondary N) is 1. The summed E-state index contributed by atoms with van der Waals surface area (Å²) in [4.78, 5) is 9.48. The molecule has 4 nitrogen and oxygen atoms in total. The standard InChI is InChI=1S/C15H18IN3O/c1-9-11(7-8-20-9)14-18-13(10-5-3-4-6-10)12(16)15(17-2)19-14/h7-8,10H,3-6H2,1-2H3,(H,17,18,19). The van der Waals surface area contributed by atoms with Crippen LogP contribution in [0.1, 0.15) is 43.1 Å². The van der Waals surface area contributed by atoms with Crippen molar-refractivity contribution in [3.8, 4) is 11.4 Å². The van der Waals surface area contributed by atoms with Gasteiger partial charge in [-0.05, 0) is 48.4 Å². The van der Waals surface area contributed by atoms with Crippen molar-refractivity contribution in [2.24, 2.45) is 0 Å². The predicted octanol–water partition coefficient (Wildman–Crippen LogP) is 4.35. The van der Waals surface area contributed by atoms with E-state index in [2.05, 4.69) is 32.9 Å². The molecule has 2 heterocycles. The van der Waals surface area contributed by atoms with Crippen LogP contribution in [0.25, 0.3) is 11.4 Å². The van der Waals surface area contributed by atoms with E-state index in [1.54, 1.807) is 6.26 Å². The zero-order valence-electron chi connectivity index (χ0n) is 11.7. The molecule has 1 fully saturated rings. The average Bonchev–Trinajstić information content (AvgIpc) is 3.10. The van der Waals surface area contributed by atoms with Gasteiger partial charge in [-0.2, -0.15) is 0 Å². The summed E-state index contributed by atoms with van der Waals surface area (Å²) in [5.74, 6) is 3.12. The highest BCUT2D eigenvalue weighted by Gasteiger charge is 2.24. The second-order valence-electron chi connectivity index (χ2n) is 5.22. The van der Waals surface area contributed by atoms with Crippen LogP contribution in [0.2, 0.25) is 0 Å². The second-order valence-corrected chi connectivity index (χ2v) is 6.30. The third kappa shape index (κ3) is 2.43. The molecule has 0 spiro atoms. The molecule has 5 heteroatoms. The molecule has 106 valence electrons. The monoisotopic (exact) mass is 383 g/mol. The van der Waals surface area contributed by atoms with E-state index >= 15 is 0 Å². The number of rotatable bonds is 3. The van der Waals surface area contributed by atoms with Crippen LogP contribution >= 0.6 is 22.6 Å². The summed E-state index contributed by atoms with van der Waals surface area (Å²) < 4.78 is 6.54. The Morgan fingerprint density at radius 1 is 1.30 bits per heavy atom. The van der Waals surface area contributed by atoms with Crippen LogP contribution < -0.4 is 5.32 Å². The van der Waals surface area contributed by atoms with Crippen molar-refractivity contribution < 1.29 is 4.42 Å². The second kappa shape index (κ2) is 5.71. The van der Waals surface area contributed by atoms with Crippen molar-refractivity contribution in [3.63, 3.8) is 0 Å². The van der Waals surface area contributed by atoms with Crippen LogP contribution in [0.4, 0.5) is 5.82 Å². The number of anilines is 1. The Bertz CT molecular complexity index is 618. The fourth-order valence-corrected chi connectivity index (χ4v) is 3.79. The molecule has 2 aromatic heterocycles. The summed E-state index contributed by atoms with van der Waals surface area (Å²) in [6.45, 7) is 1.95. The van der Waals surface area contributed by atoms with E-state index in [9.17, 15) is 0 Å². The average molecular weight is 383 g/mol. The fraction of sp³-hybridized carbons (Fsp3) is 0.467. The molecule has 0 atom stereocenters. The summed E-state index contributed by atoms with van der Waals surface area (Å²) in [5, 5.41) is 3.19. The quantitative estimate of drug-likeness (QED) is 0.801. The zero-order valence-corrected chi connectivity index (χ0v) is 13.9. The molecule has 0 bridgehead atoms. The maximum absolute atomic E-state index is 5.39. The topological polar surface area (TPSA) is 51.0 Å². The molecule has 0 unspecified atom stereocenters. The first-order valence-electron chi connectivity index (χ1n) is 7.00. The van der Waals surface area contributed by atoms with Gasteiger partial charge in [0.25, 0.3) is 0 Å².